The van der Waals surface area contributed by atoms with Gasteiger partial charge >= 0.3 is 0 Å². The van der Waals surface area contributed by atoms with E-state index < -0.39 is 0 Å². The molecule has 0 heteroatoms. The highest BCUT2D eigenvalue weighted by atomic mass is 14.3. The molecule has 0 aliphatic heterocycles. The largest absolute Gasteiger partial charge is 0.0836 e. The number of hydrogen-bond acceptors (Lipinski definition) is 0. The maximum absolute atomic E-state index is 2.61. The van der Waals surface area contributed by atoms with E-state index in [0.717, 1.165) is 11.8 Å². The number of allylic oxidation sites excluding steroid dienone is 6. The monoisotopic (exact) mass is 426 g/mol. The lowest BCUT2D eigenvalue weighted by molar-refractivity contribution is 0.392. The van der Waals surface area contributed by atoms with Gasteiger partial charge in [0.15, 0.2) is 0 Å². The second-order valence-electron chi connectivity index (χ2n) is 10.4. The molecule has 2 aliphatic rings. The van der Waals surface area contributed by atoms with E-state index in [1.54, 1.807) is 11.1 Å². The normalized spacial score (nSPS) is 19.5. The first-order chi connectivity index (χ1) is 15.3. The van der Waals surface area contributed by atoms with Crippen LogP contribution in [0.2, 0.25) is 0 Å². The van der Waals surface area contributed by atoms with E-state index in [-0.39, 0.29) is 0 Å². The zero-order chi connectivity index (χ0) is 22.2. The van der Waals surface area contributed by atoms with Crippen molar-refractivity contribution in [1.29, 1.82) is 0 Å². The highest BCUT2D eigenvalue weighted by molar-refractivity contribution is 5.49. The summed E-state index contributed by atoms with van der Waals surface area (Å²) in [5.41, 5.74) is 5.28. The van der Waals surface area contributed by atoms with Gasteiger partial charge in [-0.1, -0.05) is 134 Å². The number of unbranched alkanes of at least 4 members (excludes halogenated alkanes) is 11. The molecule has 0 heterocycles. The molecule has 0 nitrogen and oxygen atoms in total. The summed E-state index contributed by atoms with van der Waals surface area (Å²) in [6, 6.07) is 0. The van der Waals surface area contributed by atoms with Crippen molar-refractivity contribution >= 4 is 0 Å². The minimum absolute atomic E-state index is 0.821. The summed E-state index contributed by atoms with van der Waals surface area (Å²) >= 11 is 0. The topological polar surface area (TPSA) is 0 Å². The summed E-state index contributed by atoms with van der Waals surface area (Å²) < 4.78 is 0. The number of fused-ring (bicyclic) bond motifs is 1. The molecule has 31 heavy (non-hydrogen) atoms. The van der Waals surface area contributed by atoms with Crippen LogP contribution in [-0.2, 0) is 0 Å². The highest BCUT2D eigenvalue weighted by Gasteiger charge is 2.29. The van der Waals surface area contributed by atoms with Gasteiger partial charge in [0.2, 0.25) is 0 Å². The minimum atomic E-state index is 0.821. The fourth-order valence-corrected chi connectivity index (χ4v) is 5.96. The molecule has 0 amide bonds. The van der Waals surface area contributed by atoms with Gasteiger partial charge in [0.05, 0.1) is 0 Å². The van der Waals surface area contributed by atoms with Crippen LogP contribution in [0.25, 0.3) is 0 Å². The predicted octanol–water partition coefficient (Wildman–Crippen LogP) is 10.9. The van der Waals surface area contributed by atoms with Crippen LogP contribution in [0.4, 0.5) is 0 Å². The summed E-state index contributed by atoms with van der Waals surface area (Å²) in [5, 5.41) is 0. The molecule has 0 saturated heterocycles. The zero-order valence-electron chi connectivity index (χ0n) is 21.5. The third-order valence-corrected chi connectivity index (χ3v) is 7.75. The zero-order valence-corrected chi connectivity index (χ0v) is 21.5. The second kappa shape index (κ2) is 16.8. The summed E-state index contributed by atoms with van der Waals surface area (Å²) in [6.45, 7) is 7.03. The lowest BCUT2D eigenvalue weighted by Crippen LogP contribution is -2.20. The van der Waals surface area contributed by atoms with Crippen molar-refractivity contribution in [3.8, 4) is 0 Å². The molecule has 2 atom stereocenters. The average molecular weight is 427 g/mol. The maximum atomic E-state index is 2.61. The van der Waals surface area contributed by atoms with Crippen LogP contribution in [0.15, 0.2) is 34.9 Å². The van der Waals surface area contributed by atoms with Crippen molar-refractivity contribution in [3.63, 3.8) is 0 Å². The fraction of sp³-hybridized carbons (Fsp3) is 0.806. The Bertz CT molecular complexity index is 546. The first kappa shape index (κ1) is 26.5. The molecule has 2 rings (SSSR count). The Hall–Kier alpha value is -0.780. The third-order valence-electron chi connectivity index (χ3n) is 7.75. The van der Waals surface area contributed by atoms with Crippen molar-refractivity contribution in [2.75, 3.05) is 0 Å². The van der Waals surface area contributed by atoms with Crippen LogP contribution in [0.3, 0.4) is 0 Å². The summed E-state index contributed by atoms with van der Waals surface area (Å²) in [4.78, 5) is 0. The van der Waals surface area contributed by atoms with Crippen molar-refractivity contribution in [2.45, 2.75) is 149 Å². The van der Waals surface area contributed by atoms with Crippen molar-refractivity contribution in [2.24, 2.45) is 11.8 Å². The predicted molar refractivity (Wildman–Crippen MR) is 141 cm³/mol. The first-order valence-electron chi connectivity index (χ1n) is 14.4. The SMILES string of the molecule is CCCCCCCCCC(CCCCCCCC)C1=C2C=CCCC2=CCC1CCC. The molecule has 0 spiro atoms. The van der Waals surface area contributed by atoms with Gasteiger partial charge < -0.3 is 0 Å². The molecule has 0 aromatic heterocycles. The number of hydrogen-bond donors (Lipinski definition) is 0. The Balaban J connectivity index is 2.01. The third kappa shape index (κ3) is 9.71. The van der Waals surface area contributed by atoms with Crippen LogP contribution in [0, 0.1) is 11.8 Å². The van der Waals surface area contributed by atoms with Gasteiger partial charge in [-0.05, 0) is 61.5 Å². The molecule has 0 bridgehead atoms. The summed E-state index contributed by atoms with van der Waals surface area (Å²) in [6.07, 6.45) is 35.7. The van der Waals surface area contributed by atoms with Crippen molar-refractivity contribution < 1.29 is 0 Å². The molecule has 0 aromatic rings. The van der Waals surface area contributed by atoms with E-state index in [2.05, 4.69) is 39.0 Å². The molecule has 0 saturated carbocycles. The van der Waals surface area contributed by atoms with Crippen molar-refractivity contribution in [3.05, 3.63) is 34.9 Å². The second-order valence-corrected chi connectivity index (χ2v) is 10.4. The lowest BCUT2D eigenvalue weighted by Gasteiger charge is -2.35. The van der Waals surface area contributed by atoms with E-state index in [4.69, 9.17) is 0 Å². The van der Waals surface area contributed by atoms with Gasteiger partial charge in [-0.25, -0.2) is 0 Å². The van der Waals surface area contributed by atoms with Gasteiger partial charge in [0.25, 0.3) is 0 Å². The van der Waals surface area contributed by atoms with Gasteiger partial charge in [0.1, 0.15) is 0 Å². The van der Waals surface area contributed by atoms with Gasteiger partial charge in [-0.2, -0.15) is 0 Å². The molecular formula is C31H54. The van der Waals surface area contributed by atoms with Crippen LogP contribution in [0.5, 0.6) is 0 Å². The molecule has 0 aromatic carbocycles. The first-order valence-corrected chi connectivity index (χ1v) is 14.4. The molecule has 2 aliphatic carbocycles. The minimum Gasteiger partial charge on any atom is -0.0836 e. The molecular weight excluding hydrogens is 372 g/mol. The van der Waals surface area contributed by atoms with E-state index in [9.17, 15) is 0 Å². The Kier molecular flexibility index (Phi) is 14.3. The Morgan fingerprint density at radius 2 is 1.32 bits per heavy atom. The number of rotatable bonds is 18. The average Bonchev–Trinajstić information content (AvgIpc) is 2.79. The summed E-state index contributed by atoms with van der Waals surface area (Å²) in [5.74, 6) is 1.67. The van der Waals surface area contributed by atoms with Crippen LogP contribution < -0.4 is 0 Å². The van der Waals surface area contributed by atoms with E-state index >= 15 is 0 Å². The quantitative estimate of drug-likeness (QED) is 0.191. The van der Waals surface area contributed by atoms with Gasteiger partial charge in [0, 0.05) is 0 Å². The van der Waals surface area contributed by atoms with Gasteiger partial charge in [-0.15, -0.1) is 0 Å². The molecule has 0 N–H and O–H groups in total. The molecule has 178 valence electrons. The van der Waals surface area contributed by atoms with Crippen LogP contribution >= 0.6 is 0 Å². The Labute approximate surface area is 196 Å². The molecule has 2 unspecified atom stereocenters. The molecule has 0 radical (unpaired) electrons. The Morgan fingerprint density at radius 1 is 0.742 bits per heavy atom. The van der Waals surface area contributed by atoms with E-state index in [1.807, 2.05) is 5.57 Å². The highest BCUT2D eigenvalue weighted by Crippen LogP contribution is 2.44. The van der Waals surface area contributed by atoms with E-state index in [0.29, 0.717) is 0 Å². The summed E-state index contributed by atoms with van der Waals surface area (Å²) in [7, 11) is 0. The smallest absolute Gasteiger partial charge is 0.0157 e. The van der Waals surface area contributed by atoms with Crippen molar-refractivity contribution in [1.82, 2.24) is 0 Å². The molecule has 0 fully saturated rings. The standard InChI is InChI=1S/C31H54/c1-4-7-9-11-13-15-17-23-29(22-16-14-12-10-8-5-2)31-28(20-6-3)26-25-27-21-18-19-24-30(27)31/h19,24-25,28-29H,4-18,20-23,26H2,1-3H3. The van der Waals surface area contributed by atoms with Crippen LogP contribution in [-0.4, -0.2) is 0 Å². The maximum Gasteiger partial charge on any atom is -0.0157 e. The fourth-order valence-electron chi connectivity index (χ4n) is 5.96. The Morgan fingerprint density at radius 3 is 1.90 bits per heavy atom. The lowest BCUT2D eigenvalue weighted by atomic mass is 9.70. The van der Waals surface area contributed by atoms with E-state index in [1.165, 1.54) is 128 Å². The van der Waals surface area contributed by atoms with Gasteiger partial charge in [-0.3, -0.25) is 0 Å². The van der Waals surface area contributed by atoms with Crippen LogP contribution in [0.1, 0.15) is 149 Å².